The Kier molecular flexibility index (Phi) is 3.85. The number of amides is 1. The van der Waals surface area contributed by atoms with Gasteiger partial charge in [0.1, 0.15) is 5.76 Å². The maximum Gasteiger partial charge on any atom is 0.346 e. The van der Waals surface area contributed by atoms with Crippen molar-refractivity contribution < 1.29 is 19.4 Å². The molecule has 1 amide bonds. The van der Waals surface area contributed by atoms with Gasteiger partial charge in [-0.05, 0) is 12.0 Å². The van der Waals surface area contributed by atoms with Crippen LogP contribution in [0.2, 0.25) is 0 Å². The van der Waals surface area contributed by atoms with Gasteiger partial charge in [-0.3, -0.25) is 4.79 Å². The predicted octanol–water partition coefficient (Wildman–Crippen LogP) is 0.960. The third-order valence-corrected chi connectivity index (χ3v) is 3.09. The van der Waals surface area contributed by atoms with Crippen LogP contribution in [-0.4, -0.2) is 30.6 Å². The summed E-state index contributed by atoms with van der Waals surface area (Å²) < 4.78 is 4.51. The number of aliphatic hydroxyl groups is 1. The first kappa shape index (κ1) is 13.1. The van der Waals surface area contributed by atoms with Gasteiger partial charge >= 0.3 is 5.97 Å². The molecule has 1 aromatic carbocycles. The maximum absolute atomic E-state index is 11.6. The molecule has 2 N–H and O–H groups in total. The van der Waals surface area contributed by atoms with Gasteiger partial charge in [-0.1, -0.05) is 30.3 Å². The van der Waals surface area contributed by atoms with Crippen molar-refractivity contribution in [2.24, 2.45) is 5.92 Å². The van der Waals surface area contributed by atoms with Gasteiger partial charge < -0.3 is 15.2 Å². The SMILES string of the molecule is COC(=O)C1=C(O)C(Cc2ccccc2)CNC1=O. The van der Waals surface area contributed by atoms with E-state index in [1.165, 1.54) is 7.11 Å². The Labute approximate surface area is 110 Å². The number of carbonyl (C=O) groups is 2. The van der Waals surface area contributed by atoms with Crippen molar-refractivity contribution in [3.63, 3.8) is 0 Å². The molecule has 0 fully saturated rings. The molecule has 0 spiro atoms. The predicted molar refractivity (Wildman–Crippen MR) is 68.3 cm³/mol. The first-order chi connectivity index (χ1) is 9.13. The number of methoxy groups -OCH3 is 1. The molecule has 1 heterocycles. The Bertz CT molecular complexity index is 522. The number of rotatable bonds is 3. The van der Waals surface area contributed by atoms with Crippen LogP contribution in [0.5, 0.6) is 0 Å². The minimum absolute atomic E-state index is 0.195. The molecular formula is C14H15NO4. The minimum atomic E-state index is -0.812. The van der Waals surface area contributed by atoms with E-state index in [1.54, 1.807) is 0 Å². The monoisotopic (exact) mass is 261 g/mol. The molecule has 0 aromatic heterocycles. The van der Waals surface area contributed by atoms with Gasteiger partial charge in [0.25, 0.3) is 5.91 Å². The lowest BCUT2D eigenvalue weighted by Crippen LogP contribution is -2.41. The standard InChI is InChI=1S/C14H15NO4/c1-19-14(18)11-12(16)10(8-15-13(11)17)7-9-5-3-2-4-6-9/h2-6,10,16H,7-8H2,1H3,(H,15,17). The summed E-state index contributed by atoms with van der Waals surface area (Å²) in [5, 5.41) is 12.7. The summed E-state index contributed by atoms with van der Waals surface area (Å²) in [6.07, 6.45) is 0.549. The van der Waals surface area contributed by atoms with Crippen LogP contribution in [0.25, 0.3) is 0 Å². The maximum atomic E-state index is 11.6. The van der Waals surface area contributed by atoms with E-state index in [2.05, 4.69) is 10.1 Å². The van der Waals surface area contributed by atoms with Crippen LogP contribution in [-0.2, 0) is 20.7 Å². The van der Waals surface area contributed by atoms with Crippen LogP contribution < -0.4 is 5.32 Å². The second-order valence-electron chi connectivity index (χ2n) is 4.35. The van der Waals surface area contributed by atoms with Crippen molar-refractivity contribution in [1.82, 2.24) is 5.32 Å². The van der Waals surface area contributed by atoms with E-state index in [4.69, 9.17) is 0 Å². The fourth-order valence-electron chi connectivity index (χ4n) is 2.09. The quantitative estimate of drug-likeness (QED) is 0.627. The van der Waals surface area contributed by atoms with Gasteiger partial charge in [-0.2, -0.15) is 0 Å². The molecule has 5 nitrogen and oxygen atoms in total. The second kappa shape index (κ2) is 5.56. The molecule has 1 unspecified atom stereocenters. The summed E-state index contributed by atoms with van der Waals surface area (Å²) in [5.41, 5.74) is 0.731. The third kappa shape index (κ3) is 2.76. The highest BCUT2D eigenvalue weighted by Crippen LogP contribution is 2.22. The summed E-state index contributed by atoms with van der Waals surface area (Å²) in [4.78, 5) is 23.1. The summed E-state index contributed by atoms with van der Waals surface area (Å²) in [7, 11) is 1.18. The molecule has 0 saturated heterocycles. The van der Waals surface area contributed by atoms with E-state index in [0.717, 1.165) is 5.56 Å². The second-order valence-corrected chi connectivity index (χ2v) is 4.35. The number of esters is 1. The zero-order valence-corrected chi connectivity index (χ0v) is 10.6. The molecule has 19 heavy (non-hydrogen) atoms. The van der Waals surface area contributed by atoms with Crippen molar-refractivity contribution in [3.8, 4) is 0 Å². The molecule has 0 bridgehead atoms. The zero-order chi connectivity index (χ0) is 13.8. The number of hydrogen-bond donors (Lipinski definition) is 2. The summed E-state index contributed by atoms with van der Waals surface area (Å²) in [6.45, 7) is 0.306. The zero-order valence-electron chi connectivity index (χ0n) is 10.6. The Morgan fingerprint density at radius 2 is 2.11 bits per heavy atom. The van der Waals surface area contributed by atoms with Crippen LogP contribution in [0.3, 0.4) is 0 Å². The Hall–Kier alpha value is -2.30. The summed E-state index contributed by atoms with van der Waals surface area (Å²) >= 11 is 0. The van der Waals surface area contributed by atoms with Crippen molar-refractivity contribution in [2.45, 2.75) is 6.42 Å². The van der Waals surface area contributed by atoms with Gasteiger partial charge in [-0.15, -0.1) is 0 Å². The van der Waals surface area contributed by atoms with Gasteiger partial charge in [0.15, 0.2) is 5.57 Å². The molecule has 0 radical (unpaired) electrons. The van der Waals surface area contributed by atoms with Crippen molar-refractivity contribution >= 4 is 11.9 Å². The van der Waals surface area contributed by atoms with Gasteiger partial charge in [-0.25, -0.2) is 4.79 Å². The summed E-state index contributed by atoms with van der Waals surface area (Å²) in [5.74, 6) is -1.91. The van der Waals surface area contributed by atoms with Gasteiger partial charge in [0.2, 0.25) is 0 Å². The average Bonchev–Trinajstić information content (AvgIpc) is 2.43. The normalized spacial score (nSPS) is 19.0. The van der Waals surface area contributed by atoms with E-state index in [1.807, 2.05) is 30.3 Å². The number of aliphatic hydroxyl groups excluding tert-OH is 1. The van der Waals surface area contributed by atoms with E-state index < -0.39 is 11.9 Å². The highest BCUT2D eigenvalue weighted by molar-refractivity contribution is 6.17. The molecule has 1 atom stereocenters. The molecule has 0 saturated carbocycles. The molecular weight excluding hydrogens is 246 g/mol. The van der Waals surface area contributed by atoms with Crippen LogP contribution >= 0.6 is 0 Å². The first-order valence-electron chi connectivity index (χ1n) is 5.97. The molecule has 1 aliphatic heterocycles. The Morgan fingerprint density at radius 1 is 1.42 bits per heavy atom. The smallest absolute Gasteiger partial charge is 0.346 e. The number of ether oxygens (including phenoxy) is 1. The molecule has 1 aliphatic rings. The molecule has 0 aliphatic carbocycles. The number of benzene rings is 1. The van der Waals surface area contributed by atoms with Crippen molar-refractivity contribution in [3.05, 3.63) is 47.2 Å². The molecule has 2 rings (SSSR count). The lowest BCUT2D eigenvalue weighted by molar-refractivity contribution is -0.138. The van der Waals surface area contributed by atoms with Crippen LogP contribution in [0.15, 0.2) is 41.7 Å². The van der Waals surface area contributed by atoms with E-state index in [-0.39, 0.29) is 17.3 Å². The fourth-order valence-corrected chi connectivity index (χ4v) is 2.09. The Balaban J connectivity index is 2.25. The van der Waals surface area contributed by atoms with Crippen LogP contribution in [0, 0.1) is 5.92 Å². The minimum Gasteiger partial charge on any atom is -0.511 e. The number of nitrogens with one attached hydrogen (secondary N) is 1. The lowest BCUT2D eigenvalue weighted by Gasteiger charge is -2.24. The number of carbonyl (C=O) groups excluding carboxylic acids is 2. The molecule has 5 heteroatoms. The van der Waals surface area contributed by atoms with Crippen molar-refractivity contribution in [1.29, 1.82) is 0 Å². The highest BCUT2D eigenvalue weighted by Gasteiger charge is 2.33. The van der Waals surface area contributed by atoms with E-state index >= 15 is 0 Å². The van der Waals surface area contributed by atoms with E-state index in [9.17, 15) is 14.7 Å². The van der Waals surface area contributed by atoms with Crippen molar-refractivity contribution in [2.75, 3.05) is 13.7 Å². The van der Waals surface area contributed by atoms with Crippen LogP contribution in [0.4, 0.5) is 0 Å². The van der Waals surface area contributed by atoms with Gasteiger partial charge in [0, 0.05) is 12.5 Å². The average molecular weight is 261 g/mol. The molecule has 1 aromatic rings. The topological polar surface area (TPSA) is 75.6 Å². The number of hydrogen-bond acceptors (Lipinski definition) is 4. The largest absolute Gasteiger partial charge is 0.511 e. The highest BCUT2D eigenvalue weighted by atomic mass is 16.5. The van der Waals surface area contributed by atoms with Gasteiger partial charge in [0.05, 0.1) is 7.11 Å². The van der Waals surface area contributed by atoms with Crippen LogP contribution in [0.1, 0.15) is 5.56 Å². The van der Waals surface area contributed by atoms with E-state index in [0.29, 0.717) is 13.0 Å². The Morgan fingerprint density at radius 3 is 2.74 bits per heavy atom. The first-order valence-corrected chi connectivity index (χ1v) is 5.97. The third-order valence-electron chi connectivity index (χ3n) is 3.09. The summed E-state index contributed by atoms with van der Waals surface area (Å²) in [6, 6.07) is 9.57. The lowest BCUT2D eigenvalue weighted by atomic mass is 9.92. The molecule has 100 valence electrons. The fraction of sp³-hybridized carbons (Fsp3) is 0.286.